The molecule has 1 saturated heterocycles. The Morgan fingerprint density at radius 2 is 1.96 bits per heavy atom. The van der Waals surface area contributed by atoms with Crippen LogP contribution in [0.15, 0.2) is 48.5 Å². The van der Waals surface area contributed by atoms with E-state index in [2.05, 4.69) is 5.32 Å². The molecular weight excluding hydrogens is 346 g/mol. The molecule has 2 amide bonds. The fourth-order valence-electron chi connectivity index (χ4n) is 2.74. The molecule has 3 rings (SSSR count). The van der Waals surface area contributed by atoms with Crippen molar-refractivity contribution in [2.75, 3.05) is 16.8 Å². The number of hydrogen-bond acceptors (Lipinski definition) is 4. The Morgan fingerprint density at radius 3 is 2.64 bits per heavy atom. The average Bonchev–Trinajstić information content (AvgIpc) is 2.99. The van der Waals surface area contributed by atoms with Crippen LogP contribution in [0.25, 0.3) is 0 Å². The van der Waals surface area contributed by atoms with E-state index in [1.807, 2.05) is 18.2 Å². The summed E-state index contributed by atoms with van der Waals surface area (Å²) < 4.78 is 0. The van der Waals surface area contributed by atoms with Gasteiger partial charge in [0, 0.05) is 29.7 Å². The SMILES string of the molecule is O=C(Nc1ccc(Cl)cc1[N+](=O)[O-])C1CC(=O)N(c2ccccc2)C1. The van der Waals surface area contributed by atoms with E-state index < -0.39 is 16.7 Å². The van der Waals surface area contributed by atoms with Gasteiger partial charge in [-0.1, -0.05) is 29.8 Å². The number of rotatable bonds is 4. The third kappa shape index (κ3) is 3.61. The van der Waals surface area contributed by atoms with Crippen LogP contribution < -0.4 is 10.2 Å². The summed E-state index contributed by atoms with van der Waals surface area (Å²) in [6.45, 7) is 0.232. The Labute approximate surface area is 148 Å². The largest absolute Gasteiger partial charge is 0.320 e. The van der Waals surface area contributed by atoms with Crippen molar-refractivity contribution in [1.29, 1.82) is 0 Å². The monoisotopic (exact) mass is 359 g/mol. The molecule has 0 bridgehead atoms. The number of benzene rings is 2. The molecule has 0 radical (unpaired) electrons. The molecule has 1 atom stereocenters. The first-order valence-corrected chi connectivity index (χ1v) is 7.93. The third-order valence-corrected chi connectivity index (χ3v) is 4.21. The van der Waals surface area contributed by atoms with Crippen molar-refractivity contribution < 1.29 is 14.5 Å². The highest BCUT2D eigenvalue weighted by Crippen LogP contribution is 2.30. The molecule has 2 aromatic carbocycles. The topological polar surface area (TPSA) is 92.5 Å². The lowest BCUT2D eigenvalue weighted by Gasteiger charge is -2.16. The minimum atomic E-state index is -0.614. The van der Waals surface area contributed by atoms with Gasteiger partial charge < -0.3 is 10.2 Å². The number of nitro benzene ring substituents is 1. The number of anilines is 2. The highest BCUT2D eigenvalue weighted by Gasteiger charge is 2.35. The van der Waals surface area contributed by atoms with Crippen molar-refractivity contribution >= 4 is 40.5 Å². The van der Waals surface area contributed by atoms with Crippen LogP contribution in [-0.2, 0) is 9.59 Å². The van der Waals surface area contributed by atoms with E-state index in [9.17, 15) is 19.7 Å². The smallest absolute Gasteiger partial charge is 0.294 e. The van der Waals surface area contributed by atoms with Crippen molar-refractivity contribution in [3.05, 3.63) is 63.7 Å². The van der Waals surface area contributed by atoms with Gasteiger partial charge in [-0.3, -0.25) is 19.7 Å². The maximum absolute atomic E-state index is 12.5. The summed E-state index contributed by atoms with van der Waals surface area (Å²) in [5, 5.41) is 13.8. The van der Waals surface area contributed by atoms with E-state index in [0.29, 0.717) is 0 Å². The van der Waals surface area contributed by atoms with Gasteiger partial charge >= 0.3 is 0 Å². The second kappa shape index (κ2) is 6.90. The normalized spacial score (nSPS) is 16.8. The van der Waals surface area contributed by atoms with Gasteiger partial charge in [0.15, 0.2) is 0 Å². The second-order valence-corrected chi connectivity index (χ2v) is 6.09. The molecule has 1 aliphatic heterocycles. The molecule has 0 saturated carbocycles. The van der Waals surface area contributed by atoms with Crippen LogP contribution in [0.3, 0.4) is 0 Å². The molecule has 128 valence electrons. The molecule has 25 heavy (non-hydrogen) atoms. The molecular formula is C17H14ClN3O4. The van der Waals surface area contributed by atoms with E-state index >= 15 is 0 Å². The van der Waals surface area contributed by atoms with Gasteiger partial charge in [0.25, 0.3) is 5.69 Å². The van der Waals surface area contributed by atoms with Crippen LogP contribution in [0.4, 0.5) is 17.1 Å². The van der Waals surface area contributed by atoms with E-state index in [4.69, 9.17) is 11.6 Å². The summed E-state index contributed by atoms with van der Waals surface area (Å²) in [5.41, 5.74) is 0.496. The van der Waals surface area contributed by atoms with Gasteiger partial charge in [0.05, 0.1) is 10.8 Å². The number of halogens is 1. The first-order valence-electron chi connectivity index (χ1n) is 7.56. The minimum absolute atomic E-state index is 0.0577. The van der Waals surface area contributed by atoms with Gasteiger partial charge in [-0.2, -0.15) is 0 Å². The lowest BCUT2D eigenvalue weighted by atomic mass is 10.1. The number of carbonyl (C=O) groups excluding carboxylic acids is 2. The molecule has 0 spiro atoms. The van der Waals surface area contributed by atoms with Gasteiger partial charge in [-0.05, 0) is 24.3 Å². The number of nitro groups is 1. The number of hydrogen-bond donors (Lipinski definition) is 1. The van der Waals surface area contributed by atoms with Crippen LogP contribution in [0.2, 0.25) is 5.02 Å². The molecule has 7 nitrogen and oxygen atoms in total. The third-order valence-electron chi connectivity index (χ3n) is 3.98. The quantitative estimate of drug-likeness (QED) is 0.670. The van der Waals surface area contributed by atoms with Crippen molar-refractivity contribution in [1.82, 2.24) is 0 Å². The fourth-order valence-corrected chi connectivity index (χ4v) is 2.90. The zero-order valence-corrected chi connectivity index (χ0v) is 13.8. The van der Waals surface area contributed by atoms with Crippen LogP contribution in [0, 0.1) is 16.0 Å². The zero-order chi connectivity index (χ0) is 18.0. The van der Waals surface area contributed by atoms with E-state index in [1.54, 1.807) is 17.0 Å². The fraction of sp³-hybridized carbons (Fsp3) is 0.176. The highest BCUT2D eigenvalue weighted by atomic mass is 35.5. The van der Waals surface area contributed by atoms with Crippen LogP contribution >= 0.6 is 11.6 Å². The number of amides is 2. The lowest BCUT2D eigenvalue weighted by Crippen LogP contribution is -2.28. The van der Waals surface area contributed by atoms with Gasteiger partial charge in [-0.15, -0.1) is 0 Å². The molecule has 1 heterocycles. The number of nitrogens with zero attached hydrogens (tertiary/aromatic N) is 2. The first kappa shape index (κ1) is 16.9. The Kier molecular flexibility index (Phi) is 4.67. The Hall–Kier alpha value is -2.93. The second-order valence-electron chi connectivity index (χ2n) is 5.65. The van der Waals surface area contributed by atoms with Crippen LogP contribution in [0.1, 0.15) is 6.42 Å². The Morgan fingerprint density at radius 1 is 1.24 bits per heavy atom. The van der Waals surface area contributed by atoms with Crippen LogP contribution in [-0.4, -0.2) is 23.3 Å². The predicted octanol–water partition coefficient (Wildman–Crippen LogP) is 3.24. The van der Waals surface area contributed by atoms with E-state index in [1.165, 1.54) is 18.2 Å². The summed E-state index contributed by atoms with van der Waals surface area (Å²) in [6, 6.07) is 13.1. The first-order chi connectivity index (χ1) is 12.0. The maximum atomic E-state index is 12.5. The van der Waals surface area contributed by atoms with Crippen LogP contribution in [0.5, 0.6) is 0 Å². The zero-order valence-electron chi connectivity index (χ0n) is 13.0. The number of para-hydroxylation sites is 1. The summed E-state index contributed by atoms with van der Waals surface area (Å²) >= 11 is 5.76. The Bertz CT molecular complexity index is 841. The lowest BCUT2D eigenvalue weighted by molar-refractivity contribution is -0.383. The van der Waals surface area contributed by atoms with Gasteiger partial charge in [0.1, 0.15) is 5.69 Å². The molecule has 1 N–H and O–H groups in total. The standard InChI is InChI=1S/C17H14ClN3O4/c18-12-6-7-14(15(9-12)21(24)25)19-17(23)11-8-16(22)20(10-11)13-4-2-1-3-5-13/h1-7,9,11H,8,10H2,(H,19,23). The molecule has 1 unspecified atom stereocenters. The molecule has 1 fully saturated rings. The van der Waals surface area contributed by atoms with Crippen molar-refractivity contribution in [3.8, 4) is 0 Å². The Balaban J connectivity index is 1.75. The van der Waals surface area contributed by atoms with E-state index in [0.717, 1.165) is 5.69 Å². The van der Waals surface area contributed by atoms with Crippen molar-refractivity contribution in [2.24, 2.45) is 5.92 Å². The highest BCUT2D eigenvalue weighted by molar-refractivity contribution is 6.31. The van der Waals surface area contributed by atoms with Crippen molar-refractivity contribution in [3.63, 3.8) is 0 Å². The molecule has 2 aromatic rings. The summed E-state index contributed by atoms with van der Waals surface area (Å²) in [7, 11) is 0. The average molecular weight is 360 g/mol. The molecule has 0 aliphatic carbocycles. The van der Waals surface area contributed by atoms with E-state index in [-0.39, 0.29) is 35.3 Å². The minimum Gasteiger partial charge on any atom is -0.320 e. The summed E-state index contributed by atoms with van der Waals surface area (Å²) in [6.07, 6.45) is 0.0577. The van der Waals surface area contributed by atoms with Crippen molar-refractivity contribution in [2.45, 2.75) is 6.42 Å². The van der Waals surface area contributed by atoms with Gasteiger partial charge in [0.2, 0.25) is 11.8 Å². The predicted molar refractivity (Wildman–Crippen MR) is 93.6 cm³/mol. The molecule has 1 aliphatic rings. The molecule has 0 aromatic heterocycles. The number of carbonyl (C=O) groups is 2. The summed E-state index contributed by atoms with van der Waals surface area (Å²) in [5.74, 6) is -1.17. The van der Waals surface area contributed by atoms with Gasteiger partial charge in [-0.25, -0.2) is 0 Å². The maximum Gasteiger partial charge on any atom is 0.294 e. The molecule has 8 heteroatoms. The summed E-state index contributed by atoms with van der Waals surface area (Å²) in [4.78, 5) is 36.7. The number of nitrogens with one attached hydrogen (secondary N) is 1.